The van der Waals surface area contributed by atoms with Crippen LogP contribution in [0.15, 0.2) is 18.2 Å². The number of rotatable bonds is 3. The molecule has 0 atom stereocenters. The molecule has 0 saturated heterocycles. The highest BCUT2D eigenvalue weighted by molar-refractivity contribution is 8.12. The fraction of sp³-hybridized carbons (Fsp3) is 0.417. The quantitative estimate of drug-likeness (QED) is 0.756. The first kappa shape index (κ1) is 11.3. The Labute approximate surface area is 89.9 Å². The van der Waals surface area contributed by atoms with Crippen LogP contribution >= 0.6 is 11.8 Å². The average molecular weight is 208 g/mol. The Balaban J connectivity index is 2.60. The zero-order chi connectivity index (χ0) is 10.6. The number of hydrogen-bond acceptors (Lipinski definition) is 2. The second kappa shape index (κ2) is 5.20. The maximum atomic E-state index is 11.1. The Hall–Kier alpha value is -0.760. The van der Waals surface area contributed by atoms with Gasteiger partial charge in [-0.05, 0) is 30.5 Å². The Kier molecular flexibility index (Phi) is 4.21. The predicted octanol–water partition coefficient (Wildman–Crippen LogP) is 3.47. The molecule has 0 aliphatic rings. The van der Waals surface area contributed by atoms with E-state index in [9.17, 15) is 4.79 Å². The smallest absolute Gasteiger partial charge is 0.188 e. The third-order valence-electron chi connectivity index (χ3n) is 2.26. The molecule has 1 rings (SSSR count). The van der Waals surface area contributed by atoms with Crippen LogP contribution in [0.3, 0.4) is 0 Å². The highest BCUT2D eigenvalue weighted by Gasteiger charge is 2.01. The van der Waals surface area contributed by atoms with E-state index in [-0.39, 0.29) is 5.12 Å². The summed E-state index contributed by atoms with van der Waals surface area (Å²) in [5.41, 5.74) is 3.84. The molecule has 76 valence electrons. The van der Waals surface area contributed by atoms with Crippen LogP contribution in [0, 0.1) is 13.8 Å². The van der Waals surface area contributed by atoms with Gasteiger partial charge in [-0.1, -0.05) is 36.9 Å². The van der Waals surface area contributed by atoms with Crippen molar-refractivity contribution < 1.29 is 4.79 Å². The summed E-state index contributed by atoms with van der Waals surface area (Å²) in [7, 11) is 0. The largest absolute Gasteiger partial charge is 0.287 e. The van der Waals surface area contributed by atoms with Gasteiger partial charge in [-0.25, -0.2) is 0 Å². The van der Waals surface area contributed by atoms with Crippen LogP contribution in [0.5, 0.6) is 0 Å². The van der Waals surface area contributed by atoms with E-state index in [1.807, 2.05) is 6.92 Å². The summed E-state index contributed by atoms with van der Waals surface area (Å²) in [4.78, 5) is 11.1. The standard InChI is InChI=1S/C12H16OS/c1-4-12(13)14-8-11-6-5-9(2)10(3)7-11/h5-7H,4,8H2,1-3H3. The maximum Gasteiger partial charge on any atom is 0.188 e. The lowest BCUT2D eigenvalue weighted by Gasteiger charge is -2.03. The van der Waals surface area contributed by atoms with Crippen LogP contribution in [-0.4, -0.2) is 5.12 Å². The zero-order valence-electron chi connectivity index (χ0n) is 8.96. The molecule has 2 heteroatoms. The van der Waals surface area contributed by atoms with E-state index in [2.05, 4.69) is 32.0 Å². The van der Waals surface area contributed by atoms with E-state index in [1.54, 1.807) is 0 Å². The van der Waals surface area contributed by atoms with Crippen molar-refractivity contribution in [1.82, 2.24) is 0 Å². The van der Waals surface area contributed by atoms with Crippen molar-refractivity contribution in [3.63, 3.8) is 0 Å². The fourth-order valence-electron chi connectivity index (χ4n) is 1.16. The molecule has 0 aliphatic heterocycles. The van der Waals surface area contributed by atoms with Crippen LogP contribution in [0.1, 0.15) is 30.0 Å². The van der Waals surface area contributed by atoms with Crippen molar-refractivity contribution in [1.29, 1.82) is 0 Å². The molecule has 1 aromatic rings. The van der Waals surface area contributed by atoms with E-state index in [4.69, 9.17) is 0 Å². The predicted molar refractivity (Wildman–Crippen MR) is 62.5 cm³/mol. The molecule has 0 aliphatic carbocycles. The fourth-order valence-corrected chi connectivity index (χ4v) is 1.87. The minimum atomic E-state index is 0.267. The molecule has 0 aromatic heterocycles. The van der Waals surface area contributed by atoms with Gasteiger partial charge in [0.2, 0.25) is 0 Å². The van der Waals surface area contributed by atoms with E-state index < -0.39 is 0 Å². The van der Waals surface area contributed by atoms with Gasteiger partial charge in [-0.15, -0.1) is 0 Å². The minimum Gasteiger partial charge on any atom is -0.287 e. The molecule has 0 N–H and O–H groups in total. The Morgan fingerprint density at radius 2 is 2.00 bits per heavy atom. The van der Waals surface area contributed by atoms with E-state index in [0.717, 1.165) is 5.75 Å². The summed E-state index contributed by atoms with van der Waals surface area (Å²) in [6, 6.07) is 6.37. The lowest BCUT2D eigenvalue weighted by molar-refractivity contribution is -0.110. The molecule has 0 amide bonds. The molecule has 0 fully saturated rings. The van der Waals surface area contributed by atoms with E-state index in [0.29, 0.717) is 6.42 Å². The zero-order valence-corrected chi connectivity index (χ0v) is 9.78. The summed E-state index contributed by atoms with van der Waals surface area (Å²) in [6.07, 6.45) is 0.621. The monoisotopic (exact) mass is 208 g/mol. The molecule has 0 spiro atoms. The summed E-state index contributed by atoms with van der Waals surface area (Å²) in [5, 5.41) is 0.267. The molecule has 14 heavy (non-hydrogen) atoms. The van der Waals surface area contributed by atoms with E-state index in [1.165, 1.54) is 28.5 Å². The van der Waals surface area contributed by atoms with Crippen LogP contribution < -0.4 is 0 Å². The SMILES string of the molecule is CCC(=O)SCc1ccc(C)c(C)c1. The van der Waals surface area contributed by atoms with Crippen molar-refractivity contribution in [2.45, 2.75) is 32.9 Å². The van der Waals surface area contributed by atoms with Crippen molar-refractivity contribution in [2.75, 3.05) is 0 Å². The number of carbonyl (C=O) groups excluding carboxylic acids is 1. The van der Waals surface area contributed by atoms with Gasteiger partial charge < -0.3 is 0 Å². The number of aryl methyl sites for hydroxylation is 2. The van der Waals surface area contributed by atoms with Crippen LogP contribution in [0.25, 0.3) is 0 Å². The first-order valence-corrected chi connectivity index (χ1v) is 5.83. The molecule has 0 heterocycles. The molecular formula is C12H16OS. The van der Waals surface area contributed by atoms with Crippen molar-refractivity contribution in [3.8, 4) is 0 Å². The highest BCUT2D eigenvalue weighted by atomic mass is 32.2. The molecule has 0 saturated carbocycles. The number of thioether (sulfide) groups is 1. The van der Waals surface area contributed by atoms with Gasteiger partial charge in [0.25, 0.3) is 0 Å². The van der Waals surface area contributed by atoms with Gasteiger partial charge in [0.05, 0.1) is 0 Å². The van der Waals surface area contributed by atoms with Crippen molar-refractivity contribution in [3.05, 3.63) is 34.9 Å². The number of benzene rings is 1. The lowest BCUT2D eigenvalue weighted by Crippen LogP contribution is -1.91. The first-order chi connectivity index (χ1) is 6.63. The maximum absolute atomic E-state index is 11.1. The molecule has 0 radical (unpaired) electrons. The van der Waals surface area contributed by atoms with Crippen LogP contribution in [-0.2, 0) is 10.5 Å². The Bertz CT molecular complexity index is 331. The molecule has 1 nitrogen and oxygen atoms in total. The minimum absolute atomic E-state index is 0.267. The summed E-state index contributed by atoms with van der Waals surface area (Å²) in [5.74, 6) is 0.799. The first-order valence-electron chi connectivity index (χ1n) is 4.85. The average Bonchev–Trinajstić information content (AvgIpc) is 2.19. The Morgan fingerprint density at radius 1 is 1.29 bits per heavy atom. The normalized spacial score (nSPS) is 10.2. The second-order valence-corrected chi connectivity index (χ2v) is 4.47. The van der Waals surface area contributed by atoms with Crippen molar-refractivity contribution in [2.24, 2.45) is 0 Å². The lowest BCUT2D eigenvalue weighted by atomic mass is 10.1. The molecule has 0 bridgehead atoms. The van der Waals surface area contributed by atoms with Gasteiger partial charge in [-0.3, -0.25) is 4.79 Å². The molecule has 0 unspecified atom stereocenters. The summed E-state index contributed by atoms with van der Waals surface area (Å²) in [6.45, 7) is 6.10. The topological polar surface area (TPSA) is 17.1 Å². The number of hydrogen-bond donors (Lipinski definition) is 0. The Morgan fingerprint density at radius 3 is 2.57 bits per heavy atom. The van der Waals surface area contributed by atoms with Crippen LogP contribution in [0.4, 0.5) is 0 Å². The summed E-state index contributed by atoms with van der Waals surface area (Å²) < 4.78 is 0. The number of carbonyl (C=O) groups is 1. The van der Waals surface area contributed by atoms with Crippen LogP contribution in [0.2, 0.25) is 0 Å². The van der Waals surface area contributed by atoms with Gasteiger partial charge >= 0.3 is 0 Å². The van der Waals surface area contributed by atoms with E-state index >= 15 is 0 Å². The highest BCUT2D eigenvalue weighted by Crippen LogP contribution is 2.17. The molecule has 1 aromatic carbocycles. The van der Waals surface area contributed by atoms with Gasteiger partial charge in [-0.2, -0.15) is 0 Å². The third-order valence-corrected chi connectivity index (χ3v) is 3.35. The summed E-state index contributed by atoms with van der Waals surface area (Å²) >= 11 is 1.41. The van der Waals surface area contributed by atoms with Crippen molar-refractivity contribution >= 4 is 16.9 Å². The van der Waals surface area contributed by atoms with Gasteiger partial charge in [0.1, 0.15) is 0 Å². The third kappa shape index (κ3) is 3.18. The van der Waals surface area contributed by atoms with Gasteiger partial charge in [0, 0.05) is 12.2 Å². The van der Waals surface area contributed by atoms with Gasteiger partial charge in [0.15, 0.2) is 5.12 Å². The molecular weight excluding hydrogens is 192 g/mol. The second-order valence-electron chi connectivity index (χ2n) is 3.43.